The smallest absolute Gasteiger partial charge is 0.243 e. The molecule has 0 N–H and O–H groups in total. The molecule has 0 atom stereocenters. The Morgan fingerprint density at radius 1 is 1.15 bits per heavy atom. The Bertz CT molecular complexity index is 651. The molecule has 1 aromatic carbocycles. The standard InChI is InChI=1S/C19H30N2O4S/c1-2-20(17-5-3-4-6-17)11-16-25-18-7-9-19(10-8-18)26(22,23)21-12-14-24-15-13-21/h7-10,17H,2-6,11-16H2,1H3. The van der Waals surface area contributed by atoms with Gasteiger partial charge in [0.05, 0.1) is 18.1 Å². The van der Waals surface area contributed by atoms with Crippen LogP contribution < -0.4 is 4.74 Å². The monoisotopic (exact) mass is 382 g/mol. The molecule has 2 fully saturated rings. The maximum atomic E-state index is 12.6. The molecular weight excluding hydrogens is 352 g/mol. The Kier molecular flexibility index (Phi) is 6.92. The largest absolute Gasteiger partial charge is 0.492 e. The molecule has 7 heteroatoms. The lowest BCUT2D eigenvalue weighted by Crippen LogP contribution is -2.40. The van der Waals surface area contributed by atoms with Crippen LogP contribution in [-0.4, -0.2) is 69.7 Å². The fourth-order valence-corrected chi connectivity index (χ4v) is 5.20. The molecule has 26 heavy (non-hydrogen) atoms. The molecule has 6 nitrogen and oxygen atoms in total. The minimum absolute atomic E-state index is 0.313. The van der Waals surface area contributed by atoms with Crippen LogP contribution in [0.15, 0.2) is 29.2 Å². The predicted octanol–water partition coefficient (Wildman–Crippen LogP) is 2.35. The van der Waals surface area contributed by atoms with E-state index in [1.165, 1.54) is 30.0 Å². The Morgan fingerprint density at radius 2 is 1.81 bits per heavy atom. The van der Waals surface area contributed by atoms with Crippen LogP contribution >= 0.6 is 0 Å². The van der Waals surface area contributed by atoms with E-state index >= 15 is 0 Å². The summed E-state index contributed by atoms with van der Waals surface area (Å²) in [6, 6.07) is 7.46. The van der Waals surface area contributed by atoms with E-state index in [1.807, 2.05) is 0 Å². The topological polar surface area (TPSA) is 59.1 Å². The molecule has 1 saturated heterocycles. The summed E-state index contributed by atoms with van der Waals surface area (Å²) >= 11 is 0. The van der Waals surface area contributed by atoms with Gasteiger partial charge in [0.15, 0.2) is 0 Å². The number of hydrogen-bond acceptors (Lipinski definition) is 5. The third-order valence-corrected chi connectivity index (χ3v) is 7.24. The number of likely N-dealkylation sites (N-methyl/N-ethyl adjacent to an activating group) is 1. The van der Waals surface area contributed by atoms with E-state index in [-0.39, 0.29) is 0 Å². The van der Waals surface area contributed by atoms with Crippen LogP contribution in [0.5, 0.6) is 5.75 Å². The molecule has 146 valence electrons. The lowest BCUT2D eigenvalue weighted by atomic mass is 10.2. The second kappa shape index (κ2) is 9.17. The minimum Gasteiger partial charge on any atom is -0.492 e. The molecule has 0 bridgehead atoms. The average molecular weight is 383 g/mol. The molecule has 2 aliphatic rings. The van der Waals surface area contributed by atoms with Crippen molar-refractivity contribution in [3.8, 4) is 5.75 Å². The van der Waals surface area contributed by atoms with Gasteiger partial charge in [0.2, 0.25) is 10.0 Å². The van der Waals surface area contributed by atoms with Gasteiger partial charge in [-0.05, 0) is 43.7 Å². The van der Waals surface area contributed by atoms with Gasteiger partial charge >= 0.3 is 0 Å². The fourth-order valence-electron chi connectivity index (χ4n) is 3.79. The maximum Gasteiger partial charge on any atom is 0.243 e. The molecule has 0 amide bonds. The van der Waals surface area contributed by atoms with Gasteiger partial charge in [-0.1, -0.05) is 19.8 Å². The van der Waals surface area contributed by atoms with Gasteiger partial charge in [-0.2, -0.15) is 4.31 Å². The van der Waals surface area contributed by atoms with E-state index in [1.54, 1.807) is 24.3 Å². The van der Waals surface area contributed by atoms with Gasteiger partial charge in [-0.25, -0.2) is 8.42 Å². The number of rotatable bonds is 8. The molecule has 1 aliphatic carbocycles. The SMILES string of the molecule is CCN(CCOc1ccc(S(=O)(=O)N2CCOCC2)cc1)C1CCCC1. The first kappa shape index (κ1) is 19.6. The molecule has 1 saturated carbocycles. The van der Waals surface area contributed by atoms with Gasteiger partial charge in [-0.3, -0.25) is 4.90 Å². The second-order valence-electron chi connectivity index (χ2n) is 6.90. The van der Waals surface area contributed by atoms with Crippen molar-refractivity contribution < 1.29 is 17.9 Å². The highest BCUT2D eigenvalue weighted by Crippen LogP contribution is 2.23. The third kappa shape index (κ3) is 4.76. The van der Waals surface area contributed by atoms with Gasteiger partial charge in [0.1, 0.15) is 12.4 Å². The van der Waals surface area contributed by atoms with Crippen molar-refractivity contribution in [1.82, 2.24) is 9.21 Å². The first-order valence-corrected chi connectivity index (χ1v) is 11.1. The highest BCUT2D eigenvalue weighted by Gasteiger charge is 2.26. The van der Waals surface area contributed by atoms with Crippen molar-refractivity contribution in [3.05, 3.63) is 24.3 Å². The van der Waals surface area contributed by atoms with Crippen LogP contribution in [0, 0.1) is 0 Å². The molecule has 3 rings (SSSR count). The number of sulfonamides is 1. The Hall–Kier alpha value is -1.15. The molecule has 1 aromatic rings. The summed E-state index contributed by atoms with van der Waals surface area (Å²) in [5, 5.41) is 0. The minimum atomic E-state index is -3.44. The van der Waals surface area contributed by atoms with Crippen LogP contribution in [-0.2, 0) is 14.8 Å². The quantitative estimate of drug-likeness (QED) is 0.691. The zero-order chi connectivity index (χ0) is 18.4. The van der Waals surface area contributed by atoms with Gasteiger partial charge in [0.25, 0.3) is 0 Å². The first-order valence-electron chi connectivity index (χ1n) is 9.66. The molecular formula is C19H30N2O4S. The van der Waals surface area contributed by atoms with Crippen molar-refractivity contribution in [2.24, 2.45) is 0 Å². The molecule has 0 spiro atoms. The van der Waals surface area contributed by atoms with Crippen LogP contribution in [0.25, 0.3) is 0 Å². The first-order chi connectivity index (χ1) is 12.6. The lowest BCUT2D eigenvalue weighted by molar-refractivity contribution is 0.0730. The molecule has 0 unspecified atom stereocenters. The molecule has 1 aliphatic heterocycles. The Labute approximate surface area is 157 Å². The predicted molar refractivity (Wildman–Crippen MR) is 101 cm³/mol. The van der Waals surface area contributed by atoms with Crippen LogP contribution in [0.1, 0.15) is 32.6 Å². The number of nitrogens with zero attached hydrogens (tertiary/aromatic N) is 2. The van der Waals surface area contributed by atoms with Gasteiger partial charge in [0, 0.05) is 25.7 Å². The summed E-state index contributed by atoms with van der Waals surface area (Å²) in [5.41, 5.74) is 0. The average Bonchev–Trinajstić information content (AvgIpc) is 3.21. The van der Waals surface area contributed by atoms with Gasteiger partial charge in [-0.15, -0.1) is 0 Å². The van der Waals surface area contributed by atoms with E-state index < -0.39 is 10.0 Å². The Morgan fingerprint density at radius 3 is 2.42 bits per heavy atom. The van der Waals surface area contributed by atoms with Crippen molar-refractivity contribution in [2.45, 2.75) is 43.5 Å². The van der Waals surface area contributed by atoms with E-state index in [2.05, 4.69) is 11.8 Å². The van der Waals surface area contributed by atoms with Crippen molar-refractivity contribution in [2.75, 3.05) is 46.0 Å². The lowest BCUT2D eigenvalue weighted by Gasteiger charge is -2.27. The van der Waals surface area contributed by atoms with Gasteiger partial charge < -0.3 is 9.47 Å². The summed E-state index contributed by atoms with van der Waals surface area (Å²) in [6.07, 6.45) is 5.26. The third-order valence-electron chi connectivity index (χ3n) is 5.33. The summed E-state index contributed by atoms with van der Waals surface area (Å²) in [4.78, 5) is 2.80. The summed E-state index contributed by atoms with van der Waals surface area (Å²) in [6.45, 7) is 6.51. The fraction of sp³-hybridized carbons (Fsp3) is 0.684. The zero-order valence-electron chi connectivity index (χ0n) is 15.6. The molecule has 0 radical (unpaired) electrons. The summed E-state index contributed by atoms with van der Waals surface area (Å²) in [5.74, 6) is 0.716. The molecule has 0 aromatic heterocycles. The summed E-state index contributed by atoms with van der Waals surface area (Å²) < 4.78 is 37.8. The van der Waals surface area contributed by atoms with Crippen molar-refractivity contribution in [1.29, 1.82) is 0 Å². The van der Waals surface area contributed by atoms with E-state index in [4.69, 9.17) is 9.47 Å². The molecule has 1 heterocycles. The van der Waals surface area contributed by atoms with E-state index in [9.17, 15) is 8.42 Å². The normalized spacial score (nSPS) is 19.9. The van der Waals surface area contributed by atoms with E-state index in [0.717, 1.165) is 13.1 Å². The maximum absolute atomic E-state index is 12.6. The van der Waals surface area contributed by atoms with Crippen LogP contribution in [0.4, 0.5) is 0 Å². The van der Waals surface area contributed by atoms with Crippen LogP contribution in [0.3, 0.4) is 0 Å². The number of benzene rings is 1. The van der Waals surface area contributed by atoms with Crippen molar-refractivity contribution >= 4 is 10.0 Å². The highest BCUT2D eigenvalue weighted by atomic mass is 32.2. The van der Waals surface area contributed by atoms with Crippen LogP contribution in [0.2, 0.25) is 0 Å². The number of ether oxygens (including phenoxy) is 2. The van der Waals surface area contributed by atoms with Crippen molar-refractivity contribution in [3.63, 3.8) is 0 Å². The second-order valence-corrected chi connectivity index (χ2v) is 8.84. The Balaban J connectivity index is 1.52. The number of hydrogen-bond donors (Lipinski definition) is 0. The number of morpholine rings is 1. The summed E-state index contributed by atoms with van der Waals surface area (Å²) in [7, 11) is -3.44. The zero-order valence-corrected chi connectivity index (χ0v) is 16.4. The highest BCUT2D eigenvalue weighted by molar-refractivity contribution is 7.89. The van der Waals surface area contributed by atoms with E-state index in [0.29, 0.717) is 49.6 Å².